The van der Waals surface area contributed by atoms with E-state index in [1.54, 1.807) is 18.4 Å². The predicted molar refractivity (Wildman–Crippen MR) is 99.1 cm³/mol. The lowest BCUT2D eigenvalue weighted by Crippen LogP contribution is -2.02. The van der Waals surface area contributed by atoms with Gasteiger partial charge >= 0.3 is 5.97 Å². The topological polar surface area (TPSA) is 64.3 Å². The Morgan fingerprint density at radius 2 is 2.08 bits per heavy atom. The summed E-state index contributed by atoms with van der Waals surface area (Å²) in [4.78, 5) is 16.1. The molecule has 0 aliphatic rings. The molecule has 4 rings (SSSR count). The van der Waals surface area contributed by atoms with Gasteiger partial charge in [-0.3, -0.25) is 9.36 Å². The summed E-state index contributed by atoms with van der Waals surface area (Å²) in [7, 11) is 1.61. The third-order valence-corrected chi connectivity index (χ3v) is 5.37. The molecule has 0 aliphatic heterocycles. The minimum Gasteiger partial charge on any atom is -0.497 e. The van der Waals surface area contributed by atoms with E-state index in [4.69, 9.17) is 9.72 Å². The van der Waals surface area contributed by atoms with Gasteiger partial charge in [0.2, 0.25) is 0 Å². The summed E-state index contributed by atoms with van der Waals surface area (Å²) in [5.74, 6) is -0.144. The number of methoxy groups -OCH3 is 1. The van der Waals surface area contributed by atoms with E-state index < -0.39 is 5.97 Å². The number of carbonyl (C=O) groups is 1. The zero-order chi connectivity index (χ0) is 17.6. The molecule has 2 heterocycles. The zero-order valence-electron chi connectivity index (χ0n) is 13.8. The predicted octanol–water partition coefficient (Wildman–Crippen LogP) is 4.18. The van der Waals surface area contributed by atoms with Crippen molar-refractivity contribution in [3.63, 3.8) is 0 Å². The summed E-state index contributed by atoms with van der Waals surface area (Å²) in [6.45, 7) is 1.94. The standard InChI is InChI=1S/C19H16N2O3S/c1-11-13(10-18(22)23)14-9-12(24-2)7-8-16(14)21(11)19-20-15-5-3-4-6-17(15)25-19/h3-9H,10H2,1-2H3,(H,22,23). The Morgan fingerprint density at radius 1 is 1.28 bits per heavy atom. The van der Waals surface area contributed by atoms with Gasteiger partial charge in [-0.2, -0.15) is 0 Å². The van der Waals surface area contributed by atoms with Crippen LogP contribution in [-0.2, 0) is 11.2 Å². The van der Waals surface area contributed by atoms with E-state index >= 15 is 0 Å². The summed E-state index contributed by atoms with van der Waals surface area (Å²) in [6, 6.07) is 13.7. The maximum atomic E-state index is 11.4. The second kappa shape index (κ2) is 5.89. The molecule has 25 heavy (non-hydrogen) atoms. The van der Waals surface area contributed by atoms with E-state index in [9.17, 15) is 9.90 Å². The van der Waals surface area contributed by atoms with Crippen molar-refractivity contribution in [3.8, 4) is 10.9 Å². The number of rotatable bonds is 4. The molecule has 126 valence electrons. The van der Waals surface area contributed by atoms with Crippen LogP contribution in [0.4, 0.5) is 0 Å². The lowest BCUT2D eigenvalue weighted by atomic mass is 10.1. The van der Waals surface area contributed by atoms with Gasteiger partial charge in [-0.1, -0.05) is 23.5 Å². The number of nitrogens with zero attached hydrogens (tertiary/aromatic N) is 2. The van der Waals surface area contributed by atoms with Gasteiger partial charge in [-0.05, 0) is 42.8 Å². The molecule has 0 amide bonds. The first-order valence-electron chi connectivity index (χ1n) is 7.84. The molecule has 0 spiro atoms. The number of ether oxygens (including phenoxy) is 1. The highest BCUT2D eigenvalue weighted by atomic mass is 32.1. The van der Waals surface area contributed by atoms with Crippen LogP contribution in [0.25, 0.3) is 26.3 Å². The Hall–Kier alpha value is -2.86. The third kappa shape index (κ3) is 2.55. The van der Waals surface area contributed by atoms with Crippen molar-refractivity contribution in [2.24, 2.45) is 0 Å². The van der Waals surface area contributed by atoms with Gasteiger partial charge in [0.05, 0.1) is 29.3 Å². The molecule has 0 aliphatic carbocycles. The average molecular weight is 352 g/mol. The van der Waals surface area contributed by atoms with E-state index in [1.165, 1.54) is 0 Å². The lowest BCUT2D eigenvalue weighted by Gasteiger charge is -2.04. The van der Waals surface area contributed by atoms with Gasteiger partial charge in [-0.15, -0.1) is 0 Å². The van der Waals surface area contributed by atoms with Gasteiger partial charge < -0.3 is 9.84 Å². The van der Waals surface area contributed by atoms with Crippen LogP contribution in [-0.4, -0.2) is 27.7 Å². The summed E-state index contributed by atoms with van der Waals surface area (Å²) in [6.07, 6.45) is -0.0343. The molecule has 2 aromatic carbocycles. The lowest BCUT2D eigenvalue weighted by molar-refractivity contribution is -0.136. The molecule has 0 fully saturated rings. The fourth-order valence-corrected chi connectivity index (χ4v) is 4.20. The molecule has 0 saturated heterocycles. The van der Waals surface area contributed by atoms with Gasteiger partial charge in [0.25, 0.3) is 0 Å². The minimum atomic E-state index is -0.853. The largest absolute Gasteiger partial charge is 0.497 e. The van der Waals surface area contributed by atoms with Crippen LogP contribution in [0.3, 0.4) is 0 Å². The van der Waals surface area contributed by atoms with Crippen molar-refractivity contribution >= 4 is 38.4 Å². The van der Waals surface area contributed by atoms with Crippen molar-refractivity contribution in [1.82, 2.24) is 9.55 Å². The van der Waals surface area contributed by atoms with E-state index in [1.807, 2.05) is 54.0 Å². The molecule has 0 saturated carbocycles. The molecule has 0 radical (unpaired) electrons. The summed E-state index contributed by atoms with van der Waals surface area (Å²) >= 11 is 1.59. The maximum absolute atomic E-state index is 11.4. The van der Waals surface area contributed by atoms with Crippen molar-refractivity contribution in [2.75, 3.05) is 7.11 Å². The number of hydrogen-bond donors (Lipinski definition) is 1. The van der Waals surface area contributed by atoms with Crippen LogP contribution >= 0.6 is 11.3 Å². The maximum Gasteiger partial charge on any atom is 0.307 e. The molecule has 0 atom stereocenters. The zero-order valence-corrected chi connectivity index (χ0v) is 14.6. The number of aliphatic carboxylic acids is 1. The molecule has 5 nitrogen and oxygen atoms in total. The van der Waals surface area contributed by atoms with Crippen LogP contribution in [0.1, 0.15) is 11.3 Å². The van der Waals surface area contributed by atoms with Crippen LogP contribution in [0.5, 0.6) is 5.75 Å². The fraction of sp³-hybridized carbons (Fsp3) is 0.158. The molecular formula is C19H16N2O3S. The highest BCUT2D eigenvalue weighted by Crippen LogP contribution is 2.35. The Kier molecular flexibility index (Phi) is 3.69. The van der Waals surface area contributed by atoms with Crippen LogP contribution in [0.15, 0.2) is 42.5 Å². The first kappa shape index (κ1) is 15.7. The number of aromatic nitrogens is 2. The van der Waals surface area contributed by atoms with Crippen molar-refractivity contribution in [2.45, 2.75) is 13.3 Å². The van der Waals surface area contributed by atoms with Gasteiger partial charge in [0.15, 0.2) is 5.13 Å². The average Bonchev–Trinajstić information content (AvgIpc) is 3.13. The Bertz CT molecular complexity index is 1080. The van der Waals surface area contributed by atoms with E-state index in [-0.39, 0.29) is 6.42 Å². The van der Waals surface area contributed by atoms with Gasteiger partial charge in [0.1, 0.15) is 5.75 Å². The molecule has 1 N–H and O–H groups in total. The Balaban J connectivity index is 2.02. The fourth-order valence-electron chi connectivity index (χ4n) is 3.17. The molecule has 0 unspecified atom stereocenters. The molecule has 6 heteroatoms. The minimum absolute atomic E-state index is 0.0343. The molecule has 2 aromatic heterocycles. The number of benzene rings is 2. The van der Waals surface area contributed by atoms with E-state index in [0.29, 0.717) is 5.75 Å². The normalized spacial score (nSPS) is 11.3. The van der Waals surface area contributed by atoms with Gasteiger partial charge in [-0.25, -0.2) is 4.98 Å². The van der Waals surface area contributed by atoms with Crippen LogP contribution in [0.2, 0.25) is 0 Å². The number of fused-ring (bicyclic) bond motifs is 2. The monoisotopic (exact) mass is 352 g/mol. The van der Waals surface area contributed by atoms with Gasteiger partial charge in [0, 0.05) is 11.1 Å². The summed E-state index contributed by atoms with van der Waals surface area (Å²) in [5, 5.41) is 11.0. The van der Waals surface area contributed by atoms with Crippen LogP contribution < -0.4 is 4.74 Å². The van der Waals surface area contributed by atoms with Crippen molar-refractivity contribution in [1.29, 1.82) is 0 Å². The Morgan fingerprint density at radius 3 is 2.80 bits per heavy atom. The van der Waals surface area contributed by atoms with Crippen LogP contribution in [0, 0.1) is 6.92 Å². The first-order chi connectivity index (χ1) is 12.1. The Labute approximate surface area is 148 Å². The number of para-hydroxylation sites is 1. The molecule has 4 aromatic rings. The van der Waals surface area contributed by atoms with E-state index in [0.717, 1.165) is 37.5 Å². The SMILES string of the molecule is COc1ccc2c(c1)c(CC(=O)O)c(C)n2-c1nc2ccccc2s1. The summed E-state index contributed by atoms with van der Waals surface area (Å²) < 4.78 is 8.46. The quantitative estimate of drug-likeness (QED) is 0.598. The number of hydrogen-bond acceptors (Lipinski definition) is 4. The van der Waals surface area contributed by atoms with Crippen molar-refractivity contribution in [3.05, 3.63) is 53.7 Å². The smallest absolute Gasteiger partial charge is 0.307 e. The number of thiazole rings is 1. The summed E-state index contributed by atoms with van der Waals surface area (Å²) in [5.41, 5.74) is 3.57. The first-order valence-corrected chi connectivity index (χ1v) is 8.66. The highest BCUT2D eigenvalue weighted by Gasteiger charge is 2.20. The number of carboxylic acids is 1. The second-order valence-electron chi connectivity index (χ2n) is 5.82. The second-order valence-corrected chi connectivity index (χ2v) is 6.83. The third-order valence-electron chi connectivity index (χ3n) is 4.34. The van der Waals surface area contributed by atoms with E-state index in [2.05, 4.69) is 0 Å². The highest BCUT2D eigenvalue weighted by molar-refractivity contribution is 7.20. The molecule has 0 bridgehead atoms. The number of carboxylic acid groups (broad SMARTS) is 1. The van der Waals surface area contributed by atoms with Crippen molar-refractivity contribution < 1.29 is 14.6 Å². The molecular weight excluding hydrogens is 336 g/mol.